The molecule has 1 heterocycles. The maximum Gasteiger partial charge on any atom is 0.134 e. The summed E-state index contributed by atoms with van der Waals surface area (Å²) in [6.07, 6.45) is 3.15. The Kier molecular flexibility index (Phi) is 3.61. The van der Waals surface area contributed by atoms with Crippen molar-refractivity contribution < 1.29 is 5.11 Å². The van der Waals surface area contributed by atoms with Crippen molar-refractivity contribution in [2.75, 3.05) is 11.9 Å². The molecule has 1 saturated carbocycles. The van der Waals surface area contributed by atoms with Gasteiger partial charge >= 0.3 is 0 Å². The molecule has 2 N–H and O–H groups in total. The molecule has 1 aliphatic carbocycles. The van der Waals surface area contributed by atoms with Gasteiger partial charge in [-0.25, -0.2) is 9.97 Å². The molecule has 2 unspecified atom stereocenters. The minimum Gasteiger partial charge on any atom is -0.396 e. The third-order valence-corrected chi connectivity index (χ3v) is 3.15. The van der Waals surface area contributed by atoms with E-state index in [4.69, 9.17) is 16.7 Å². The van der Waals surface area contributed by atoms with Gasteiger partial charge in [0.25, 0.3) is 0 Å². The van der Waals surface area contributed by atoms with Crippen molar-refractivity contribution in [1.82, 2.24) is 9.97 Å². The Hall–Kier alpha value is -0.870. The Morgan fingerprint density at radius 3 is 2.94 bits per heavy atom. The molecule has 5 heteroatoms. The fourth-order valence-electron chi connectivity index (χ4n) is 2.19. The predicted molar refractivity (Wildman–Crippen MR) is 63.6 cm³/mol. The number of aryl methyl sites for hydroxylation is 1. The molecular weight excluding hydrogens is 226 g/mol. The van der Waals surface area contributed by atoms with Crippen LogP contribution in [0.2, 0.25) is 5.15 Å². The number of nitrogens with zero attached hydrogens (tertiary/aromatic N) is 2. The lowest BCUT2D eigenvalue weighted by atomic mass is 10.1. The Balaban J connectivity index is 1.99. The van der Waals surface area contributed by atoms with E-state index < -0.39 is 0 Å². The SMILES string of the molecule is Cc1nc(Cl)cc(NC2CCC(CO)C2)n1. The van der Waals surface area contributed by atoms with Gasteiger partial charge < -0.3 is 10.4 Å². The van der Waals surface area contributed by atoms with Crippen molar-refractivity contribution in [2.45, 2.75) is 32.2 Å². The molecule has 1 aliphatic rings. The number of hydrogen-bond acceptors (Lipinski definition) is 4. The smallest absolute Gasteiger partial charge is 0.134 e. The number of aromatic nitrogens is 2. The van der Waals surface area contributed by atoms with Crippen LogP contribution in [0.15, 0.2) is 6.07 Å². The Morgan fingerprint density at radius 1 is 1.50 bits per heavy atom. The van der Waals surface area contributed by atoms with Gasteiger partial charge in [-0.15, -0.1) is 0 Å². The van der Waals surface area contributed by atoms with Crippen LogP contribution in [0.5, 0.6) is 0 Å². The van der Waals surface area contributed by atoms with Crippen LogP contribution in [0.25, 0.3) is 0 Å². The molecule has 0 aliphatic heterocycles. The average molecular weight is 242 g/mol. The molecule has 2 atom stereocenters. The number of hydrogen-bond donors (Lipinski definition) is 2. The van der Waals surface area contributed by atoms with Gasteiger partial charge in [-0.3, -0.25) is 0 Å². The molecule has 0 saturated heterocycles. The summed E-state index contributed by atoms with van der Waals surface area (Å²) in [6.45, 7) is 2.10. The molecule has 0 radical (unpaired) electrons. The monoisotopic (exact) mass is 241 g/mol. The summed E-state index contributed by atoms with van der Waals surface area (Å²) in [5, 5.41) is 12.9. The van der Waals surface area contributed by atoms with Crippen LogP contribution < -0.4 is 5.32 Å². The van der Waals surface area contributed by atoms with E-state index in [2.05, 4.69) is 15.3 Å². The molecule has 4 nitrogen and oxygen atoms in total. The highest BCUT2D eigenvalue weighted by atomic mass is 35.5. The minimum absolute atomic E-state index is 0.280. The molecule has 2 rings (SSSR count). The van der Waals surface area contributed by atoms with E-state index >= 15 is 0 Å². The highest BCUT2D eigenvalue weighted by Crippen LogP contribution is 2.27. The zero-order valence-electron chi connectivity index (χ0n) is 9.28. The molecule has 0 amide bonds. The Labute approximate surface area is 100 Å². The minimum atomic E-state index is 0.280. The van der Waals surface area contributed by atoms with E-state index in [0.29, 0.717) is 22.9 Å². The van der Waals surface area contributed by atoms with Gasteiger partial charge in [-0.2, -0.15) is 0 Å². The normalized spacial score (nSPS) is 24.7. The number of anilines is 1. The Bertz CT molecular complexity index is 352. The zero-order valence-corrected chi connectivity index (χ0v) is 10.0. The van der Waals surface area contributed by atoms with Crippen molar-refractivity contribution in [3.05, 3.63) is 17.0 Å². The molecule has 88 valence electrons. The number of halogens is 1. The average Bonchev–Trinajstić information content (AvgIpc) is 2.64. The van der Waals surface area contributed by atoms with E-state index in [1.807, 2.05) is 6.92 Å². The topological polar surface area (TPSA) is 58.0 Å². The van der Waals surface area contributed by atoms with Crippen LogP contribution in [-0.4, -0.2) is 27.7 Å². The van der Waals surface area contributed by atoms with Gasteiger partial charge in [0.15, 0.2) is 0 Å². The molecule has 0 bridgehead atoms. The second-order valence-corrected chi connectivity index (χ2v) is 4.71. The first-order valence-corrected chi connectivity index (χ1v) is 5.93. The van der Waals surface area contributed by atoms with Crippen molar-refractivity contribution in [3.8, 4) is 0 Å². The largest absolute Gasteiger partial charge is 0.396 e. The van der Waals surface area contributed by atoms with Gasteiger partial charge in [0.2, 0.25) is 0 Å². The third-order valence-electron chi connectivity index (χ3n) is 2.96. The predicted octanol–water partition coefficient (Wildman–Crippen LogP) is 2.01. The van der Waals surface area contributed by atoms with Gasteiger partial charge in [-0.1, -0.05) is 11.6 Å². The van der Waals surface area contributed by atoms with Gasteiger partial charge in [0, 0.05) is 18.7 Å². The quantitative estimate of drug-likeness (QED) is 0.795. The summed E-state index contributed by atoms with van der Waals surface area (Å²) < 4.78 is 0. The maximum absolute atomic E-state index is 9.06. The van der Waals surface area contributed by atoms with Crippen LogP contribution in [0.4, 0.5) is 5.82 Å². The van der Waals surface area contributed by atoms with Crippen molar-refractivity contribution in [1.29, 1.82) is 0 Å². The van der Waals surface area contributed by atoms with E-state index in [9.17, 15) is 0 Å². The number of aliphatic hydroxyl groups excluding tert-OH is 1. The first-order valence-electron chi connectivity index (χ1n) is 5.56. The number of nitrogens with one attached hydrogen (secondary N) is 1. The summed E-state index contributed by atoms with van der Waals surface area (Å²) in [4.78, 5) is 8.29. The molecule has 1 aromatic rings. The first-order chi connectivity index (χ1) is 7.67. The highest BCUT2D eigenvalue weighted by Gasteiger charge is 2.24. The van der Waals surface area contributed by atoms with Crippen LogP contribution in [0.3, 0.4) is 0 Å². The van der Waals surface area contributed by atoms with Crippen molar-refractivity contribution >= 4 is 17.4 Å². The summed E-state index contributed by atoms with van der Waals surface area (Å²) in [5.41, 5.74) is 0. The van der Waals surface area contributed by atoms with Crippen LogP contribution >= 0.6 is 11.6 Å². The van der Waals surface area contributed by atoms with E-state index in [1.54, 1.807) is 6.07 Å². The molecule has 0 aromatic carbocycles. The molecular formula is C11H16ClN3O. The standard InChI is InChI=1S/C11H16ClN3O/c1-7-13-10(12)5-11(14-7)15-9-3-2-8(4-9)6-16/h5,8-9,16H,2-4,6H2,1H3,(H,13,14,15). The molecule has 16 heavy (non-hydrogen) atoms. The lowest BCUT2D eigenvalue weighted by molar-refractivity contribution is 0.229. The summed E-state index contributed by atoms with van der Waals surface area (Å²) in [5.74, 6) is 1.88. The highest BCUT2D eigenvalue weighted by molar-refractivity contribution is 6.29. The molecule has 1 fully saturated rings. The van der Waals surface area contributed by atoms with Gasteiger partial charge in [-0.05, 0) is 32.1 Å². The third kappa shape index (κ3) is 2.83. The summed E-state index contributed by atoms with van der Waals surface area (Å²) >= 11 is 5.86. The maximum atomic E-state index is 9.06. The van der Waals surface area contributed by atoms with Gasteiger partial charge in [0.1, 0.15) is 16.8 Å². The van der Waals surface area contributed by atoms with E-state index in [0.717, 1.165) is 25.1 Å². The second-order valence-electron chi connectivity index (χ2n) is 4.33. The van der Waals surface area contributed by atoms with Crippen LogP contribution in [0, 0.1) is 12.8 Å². The molecule has 0 spiro atoms. The summed E-state index contributed by atoms with van der Waals surface area (Å²) in [6, 6.07) is 2.13. The van der Waals surface area contributed by atoms with E-state index in [-0.39, 0.29) is 6.61 Å². The first kappa shape index (κ1) is 11.6. The van der Waals surface area contributed by atoms with Crippen LogP contribution in [-0.2, 0) is 0 Å². The van der Waals surface area contributed by atoms with Crippen molar-refractivity contribution in [2.24, 2.45) is 5.92 Å². The Morgan fingerprint density at radius 2 is 2.31 bits per heavy atom. The molecule has 1 aromatic heterocycles. The lowest BCUT2D eigenvalue weighted by Crippen LogP contribution is -2.17. The van der Waals surface area contributed by atoms with Crippen molar-refractivity contribution in [3.63, 3.8) is 0 Å². The fraction of sp³-hybridized carbons (Fsp3) is 0.636. The number of aliphatic hydroxyl groups is 1. The summed E-state index contributed by atoms with van der Waals surface area (Å²) in [7, 11) is 0. The number of rotatable bonds is 3. The zero-order chi connectivity index (χ0) is 11.5. The van der Waals surface area contributed by atoms with Gasteiger partial charge in [0.05, 0.1) is 0 Å². The second kappa shape index (κ2) is 4.97. The lowest BCUT2D eigenvalue weighted by Gasteiger charge is -2.13. The van der Waals surface area contributed by atoms with E-state index in [1.165, 1.54) is 0 Å². The van der Waals surface area contributed by atoms with Crippen LogP contribution in [0.1, 0.15) is 25.1 Å². The fourth-order valence-corrected chi connectivity index (χ4v) is 2.41.